The second kappa shape index (κ2) is 8.33. The van der Waals surface area contributed by atoms with Crippen LogP contribution in [0.1, 0.15) is 16.7 Å². The number of benzene rings is 2. The molecule has 9 nitrogen and oxygen atoms in total. The molecule has 0 atom stereocenters. The topological polar surface area (TPSA) is 139 Å². The fourth-order valence-electron chi connectivity index (χ4n) is 3.33. The van der Waals surface area contributed by atoms with Crippen LogP contribution in [0.15, 0.2) is 53.6 Å². The minimum Gasteiger partial charge on any atom is -0.365 e. The zero-order valence-corrected chi connectivity index (χ0v) is 17.6. The van der Waals surface area contributed by atoms with Crippen molar-refractivity contribution in [1.82, 2.24) is 9.97 Å². The summed E-state index contributed by atoms with van der Waals surface area (Å²) < 4.78 is 64.0. The van der Waals surface area contributed by atoms with Crippen molar-refractivity contribution in [2.75, 3.05) is 16.0 Å². The molecule has 0 spiro atoms. The number of nitrogens with one attached hydrogen (secondary N) is 3. The van der Waals surface area contributed by atoms with Crippen molar-refractivity contribution < 1.29 is 26.4 Å². The Kier molecular flexibility index (Phi) is 5.68. The first-order valence-electron chi connectivity index (χ1n) is 9.49. The van der Waals surface area contributed by atoms with Gasteiger partial charge in [0.05, 0.1) is 11.3 Å². The molecule has 0 bridgehead atoms. The van der Waals surface area contributed by atoms with Gasteiger partial charge in [-0.05, 0) is 35.4 Å². The fourth-order valence-corrected chi connectivity index (χ4v) is 4.10. The maximum Gasteiger partial charge on any atom is 0.421 e. The van der Waals surface area contributed by atoms with Crippen LogP contribution >= 0.6 is 0 Å². The minimum absolute atomic E-state index is 0.123. The van der Waals surface area contributed by atoms with Crippen LogP contribution in [0, 0.1) is 0 Å². The first-order chi connectivity index (χ1) is 15.5. The van der Waals surface area contributed by atoms with Gasteiger partial charge in [-0.25, -0.2) is 18.5 Å². The molecule has 1 aliphatic rings. The number of hydrogen-bond acceptors (Lipinski definition) is 7. The van der Waals surface area contributed by atoms with Crippen molar-refractivity contribution in [1.29, 1.82) is 0 Å². The summed E-state index contributed by atoms with van der Waals surface area (Å²) in [5.74, 6) is -0.816. The van der Waals surface area contributed by atoms with Gasteiger partial charge in [0.15, 0.2) is 0 Å². The molecule has 5 N–H and O–H groups in total. The highest BCUT2D eigenvalue weighted by Gasteiger charge is 2.35. The van der Waals surface area contributed by atoms with E-state index in [4.69, 9.17) is 5.14 Å². The second-order valence-corrected chi connectivity index (χ2v) is 8.71. The van der Waals surface area contributed by atoms with E-state index in [0.29, 0.717) is 17.6 Å². The van der Waals surface area contributed by atoms with E-state index in [1.807, 2.05) is 0 Å². The van der Waals surface area contributed by atoms with E-state index in [1.165, 1.54) is 24.3 Å². The predicted molar refractivity (Wildman–Crippen MR) is 114 cm³/mol. The van der Waals surface area contributed by atoms with Crippen LogP contribution in [0.2, 0.25) is 0 Å². The monoisotopic (exact) mass is 478 g/mol. The van der Waals surface area contributed by atoms with Gasteiger partial charge in [-0.3, -0.25) is 4.79 Å². The first kappa shape index (κ1) is 22.5. The molecule has 0 saturated heterocycles. The number of amides is 1. The number of alkyl halides is 3. The van der Waals surface area contributed by atoms with E-state index in [2.05, 4.69) is 25.9 Å². The molecule has 0 fully saturated rings. The van der Waals surface area contributed by atoms with Gasteiger partial charge in [-0.1, -0.05) is 18.2 Å². The molecule has 1 aliphatic heterocycles. The Labute approximate surface area is 186 Å². The van der Waals surface area contributed by atoms with E-state index in [-0.39, 0.29) is 35.3 Å². The summed E-state index contributed by atoms with van der Waals surface area (Å²) in [7, 11) is -4.07. The number of carbonyl (C=O) groups excluding carboxylic acids is 1. The molecule has 1 aromatic heterocycles. The molecular formula is C20H17F3N6O3S. The average molecular weight is 478 g/mol. The highest BCUT2D eigenvalue weighted by atomic mass is 32.2. The molecule has 33 heavy (non-hydrogen) atoms. The third-order valence-electron chi connectivity index (χ3n) is 4.81. The van der Waals surface area contributed by atoms with Crippen molar-refractivity contribution in [3.63, 3.8) is 0 Å². The van der Waals surface area contributed by atoms with E-state index < -0.39 is 27.6 Å². The fraction of sp³-hybridized carbons (Fsp3) is 0.150. The number of sulfonamides is 1. The van der Waals surface area contributed by atoms with Crippen LogP contribution in [0.4, 0.5) is 36.3 Å². The van der Waals surface area contributed by atoms with Gasteiger partial charge in [-0.15, -0.1) is 0 Å². The smallest absolute Gasteiger partial charge is 0.365 e. The highest BCUT2D eigenvalue weighted by Crippen LogP contribution is 2.35. The molecule has 4 rings (SSSR count). The summed E-state index contributed by atoms with van der Waals surface area (Å²) >= 11 is 0. The zero-order valence-electron chi connectivity index (χ0n) is 16.8. The first-order valence-corrected chi connectivity index (χ1v) is 11.0. The summed E-state index contributed by atoms with van der Waals surface area (Å²) in [6.45, 7) is -0.279. The predicted octanol–water partition coefficient (Wildman–Crippen LogP) is 2.99. The SMILES string of the molecule is NS(=O)(=O)c1ccccc1CNc1nc(Nc2ccc3c(c2)CC(=O)N3)ncc1C(F)(F)F. The van der Waals surface area contributed by atoms with Crippen LogP contribution < -0.4 is 21.1 Å². The van der Waals surface area contributed by atoms with E-state index in [9.17, 15) is 26.4 Å². The molecule has 0 radical (unpaired) electrons. The third kappa shape index (κ3) is 5.04. The molecule has 0 unspecified atom stereocenters. The van der Waals surface area contributed by atoms with Crippen molar-refractivity contribution in [2.45, 2.75) is 24.0 Å². The Bertz CT molecular complexity index is 1350. The lowest BCUT2D eigenvalue weighted by atomic mass is 10.1. The maximum absolute atomic E-state index is 13.5. The van der Waals surface area contributed by atoms with E-state index >= 15 is 0 Å². The molecule has 3 aromatic rings. The zero-order chi connectivity index (χ0) is 23.8. The van der Waals surface area contributed by atoms with Crippen molar-refractivity contribution in [3.05, 3.63) is 65.4 Å². The molecule has 172 valence electrons. The number of hydrogen-bond donors (Lipinski definition) is 4. The Balaban J connectivity index is 1.62. The van der Waals surface area contributed by atoms with Gasteiger partial charge in [0.1, 0.15) is 11.4 Å². The lowest BCUT2D eigenvalue weighted by molar-refractivity contribution is -0.137. The summed E-state index contributed by atoms with van der Waals surface area (Å²) in [5.41, 5.74) is 0.932. The number of fused-ring (bicyclic) bond motifs is 1. The van der Waals surface area contributed by atoms with Crippen LogP contribution in [-0.2, 0) is 34.0 Å². The number of primary sulfonamides is 1. The van der Waals surface area contributed by atoms with Crippen LogP contribution in [0.25, 0.3) is 0 Å². The molecular weight excluding hydrogens is 461 g/mol. The lowest BCUT2D eigenvalue weighted by Gasteiger charge is -2.16. The number of rotatable bonds is 6. The normalized spacial score (nSPS) is 13.4. The third-order valence-corrected chi connectivity index (χ3v) is 5.82. The summed E-state index contributed by atoms with van der Waals surface area (Å²) in [5, 5.41) is 13.2. The van der Waals surface area contributed by atoms with Crippen LogP contribution in [-0.4, -0.2) is 24.3 Å². The van der Waals surface area contributed by atoms with Gasteiger partial charge >= 0.3 is 6.18 Å². The van der Waals surface area contributed by atoms with Gasteiger partial charge in [0, 0.05) is 24.1 Å². The standard InChI is InChI=1S/C20H17F3N6O3S/c21-20(22,23)14-10-26-19(27-13-5-6-15-12(7-13)8-17(30)28-15)29-18(14)25-9-11-3-1-2-4-16(11)33(24,31)32/h1-7,10H,8-9H2,(H,28,30)(H2,24,31,32)(H2,25,26,27,29). The Morgan fingerprint density at radius 2 is 1.91 bits per heavy atom. The lowest BCUT2D eigenvalue weighted by Crippen LogP contribution is -2.18. The molecule has 0 aliphatic carbocycles. The Morgan fingerprint density at radius 3 is 2.64 bits per heavy atom. The summed E-state index contributed by atoms with van der Waals surface area (Å²) in [4.78, 5) is 19.0. The maximum atomic E-state index is 13.5. The van der Waals surface area contributed by atoms with Crippen LogP contribution in [0.5, 0.6) is 0 Å². The Morgan fingerprint density at radius 1 is 1.15 bits per heavy atom. The van der Waals surface area contributed by atoms with Crippen LogP contribution in [0.3, 0.4) is 0 Å². The van der Waals surface area contributed by atoms with Crippen molar-refractivity contribution in [3.8, 4) is 0 Å². The highest BCUT2D eigenvalue weighted by molar-refractivity contribution is 7.89. The second-order valence-electron chi connectivity index (χ2n) is 7.18. The molecule has 0 saturated carbocycles. The largest absolute Gasteiger partial charge is 0.421 e. The van der Waals surface area contributed by atoms with E-state index in [0.717, 1.165) is 5.56 Å². The van der Waals surface area contributed by atoms with Gasteiger partial charge in [-0.2, -0.15) is 18.2 Å². The molecule has 2 heterocycles. The number of anilines is 4. The number of nitrogens with two attached hydrogens (primary N) is 1. The van der Waals surface area contributed by atoms with Gasteiger partial charge in [0.2, 0.25) is 21.9 Å². The summed E-state index contributed by atoms with van der Waals surface area (Å²) in [6.07, 6.45) is -3.93. The number of carbonyl (C=O) groups is 1. The Hall–Kier alpha value is -3.71. The summed E-state index contributed by atoms with van der Waals surface area (Å²) in [6, 6.07) is 10.6. The minimum atomic E-state index is -4.75. The van der Waals surface area contributed by atoms with Crippen molar-refractivity contribution in [2.24, 2.45) is 5.14 Å². The molecule has 1 amide bonds. The van der Waals surface area contributed by atoms with Gasteiger partial charge in [0.25, 0.3) is 0 Å². The van der Waals surface area contributed by atoms with Crippen molar-refractivity contribution >= 4 is 39.1 Å². The number of halogens is 3. The van der Waals surface area contributed by atoms with E-state index in [1.54, 1.807) is 18.2 Å². The molecule has 13 heteroatoms. The number of aromatic nitrogens is 2. The molecule has 2 aromatic carbocycles. The quantitative estimate of drug-likeness (QED) is 0.427. The average Bonchev–Trinajstić information content (AvgIpc) is 3.10. The van der Waals surface area contributed by atoms with Gasteiger partial charge < -0.3 is 16.0 Å². The number of nitrogens with zero attached hydrogens (tertiary/aromatic N) is 2.